The van der Waals surface area contributed by atoms with Crippen LogP contribution in [0.4, 0.5) is 0 Å². The molecule has 1 aliphatic carbocycles. The summed E-state index contributed by atoms with van der Waals surface area (Å²) in [6.45, 7) is 1.28. The highest BCUT2D eigenvalue weighted by Gasteiger charge is 2.26. The van der Waals surface area contributed by atoms with Gasteiger partial charge in [-0.15, -0.1) is 0 Å². The van der Waals surface area contributed by atoms with E-state index in [1.165, 1.54) is 18.4 Å². The van der Waals surface area contributed by atoms with Crippen LogP contribution in [-0.4, -0.2) is 30.2 Å². The minimum atomic E-state index is 0.123. The molecule has 88 valence electrons. The van der Waals surface area contributed by atoms with Gasteiger partial charge in [-0.3, -0.25) is 4.90 Å². The lowest BCUT2D eigenvalue weighted by Gasteiger charge is -2.27. The van der Waals surface area contributed by atoms with Crippen molar-refractivity contribution in [1.29, 1.82) is 0 Å². The molecular formula is C13H18BrNO. The van der Waals surface area contributed by atoms with E-state index in [9.17, 15) is 5.11 Å². The molecule has 3 heteroatoms. The minimum Gasteiger partial charge on any atom is -0.394 e. The molecule has 0 aliphatic heterocycles. The Balaban J connectivity index is 2.07. The Morgan fingerprint density at radius 3 is 2.81 bits per heavy atom. The molecule has 0 aromatic heterocycles. The van der Waals surface area contributed by atoms with Gasteiger partial charge >= 0.3 is 0 Å². The molecule has 1 atom stereocenters. The molecule has 1 aromatic rings. The first-order valence-electron chi connectivity index (χ1n) is 5.77. The van der Waals surface area contributed by atoms with E-state index in [0.717, 1.165) is 16.9 Å². The lowest BCUT2D eigenvalue weighted by molar-refractivity contribution is 0.143. The molecule has 1 aromatic carbocycles. The van der Waals surface area contributed by atoms with Crippen LogP contribution in [0.2, 0.25) is 0 Å². The zero-order valence-electron chi connectivity index (χ0n) is 9.56. The Labute approximate surface area is 105 Å². The van der Waals surface area contributed by atoms with Gasteiger partial charge < -0.3 is 5.11 Å². The highest BCUT2D eigenvalue weighted by molar-refractivity contribution is 9.10. The Kier molecular flexibility index (Phi) is 4.00. The standard InChI is InChI=1S/C13H18BrNO/c1-15(8-10-5-6-10)13(9-16)11-3-2-4-12(14)7-11/h2-4,7,10,13,16H,5-6,8-9H2,1H3. The zero-order valence-corrected chi connectivity index (χ0v) is 11.2. The number of benzene rings is 1. The smallest absolute Gasteiger partial charge is 0.0628 e. The second kappa shape index (κ2) is 5.30. The van der Waals surface area contributed by atoms with Crippen LogP contribution in [0.5, 0.6) is 0 Å². The number of hydrogen-bond donors (Lipinski definition) is 1. The van der Waals surface area contributed by atoms with Gasteiger partial charge in [-0.25, -0.2) is 0 Å². The van der Waals surface area contributed by atoms with Gasteiger partial charge in [-0.05, 0) is 43.5 Å². The molecular weight excluding hydrogens is 266 g/mol. The van der Waals surface area contributed by atoms with E-state index >= 15 is 0 Å². The summed E-state index contributed by atoms with van der Waals surface area (Å²) in [5.74, 6) is 0.853. The molecule has 2 rings (SSSR count). The number of aliphatic hydroxyl groups excluding tert-OH is 1. The molecule has 0 spiro atoms. The molecule has 2 nitrogen and oxygen atoms in total. The summed E-state index contributed by atoms with van der Waals surface area (Å²) in [6.07, 6.45) is 2.70. The predicted molar refractivity (Wildman–Crippen MR) is 69.3 cm³/mol. The van der Waals surface area contributed by atoms with Crippen LogP contribution in [0.3, 0.4) is 0 Å². The quantitative estimate of drug-likeness (QED) is 0.898. The number of nitrogens with zero attached hydrogens (tertiary/aromatic N) is 1. The van der Waals surface area contributed by atoms with Crippen molar-refractivity contribution in [3.63, 3.8) is 0 Å². The summed E-state index contributed by atoms with van der Waals surface area (Å²) in [5.41, 5.74) is 1.18. The first kappa shape index (κ1) is 12.1. The van der Waals surface area contributed by atoms with E-state index < -0.39 is 0 Å². The number of halogens is 1. The van der Waals surface area contributed by atoms with E-state index in [2.05, 4.69) is 40.0 Å². The van der Waals surface area contributed by atoms with E-state index in [0.29, 0.717) is 0 Å². The molecule has 0 saturated heterocycles. The van der Waals surface area contributed by atoms with E-state index in [-0.39, 0.29) is 12.6 Å². The fourth-order valence-corrected chi connectivity index (χ4v) is 2.47. The first-order chi connectivity index (χ1) is 7.70. The fourth-order valence-electron chi connectivity index (χ4n) is 2.05. The van der Waals surface area contributed by atoms with Crippen molar-refractivity contribution in [3.8, 4) is 0 Å². The van der Waals surface area contributed by atoms with Crippen LogP contribution in [-0.2, 0) is 0 Å². The third kappa shape index (κ3) is 3.06. The zero-order chi connectivity index (χ0) is 11.5. The van der Waals surface area contributed by atoms with Crippen molar-refractivity contribution < 1.29 is 5.11 Å². The van der Waals surface area contributed by atoms with Crippen LogP contribution >= 0.6 is 15.9 Å². The van der Waals surface area contributed by atoms with Gasteiger partial charge in [-0.2, -0.15) is 0 Å². The summed E-state index contributed by atoms with van der Waals surface area (Å²) >= 11 is 3.47. The monoisotopic (exact) mass is 283 g/mol. The molecule has 0 bridgehead atoms. The van der Waals surface area contributed by atoms with Gasteiger partial charge in [0.25, 0.3) is 0 Å². The minimum absolute atomic E-state index is 0.123. The summed E-state index contributed by atoms with van der Waals surface area (Å²) < 4.78 is 1.07. The maximum atomic E-state index is 9.52. The average Bonchev–Trinajstić information content (AvgIpc) is 3.03. The maximum Gasteiger partial charge on any atom is 0.0628 e. The molecule has 1 saturated carbocycles. The summed E-state index contributed by atoms with van der Waals surface area (Å²) in [7, 11) is 2.10. The predicted octanol–water partition coefficient (Wildman–Crippen LogP) is 2.82. The van der Waals surface area contributed by atoms with Gasteiger partial charge in [0, 0.05) is 11.0 Å². The second-order valence-electron chi connectivity index (χ2n) is 4.64. The Morgan fingerprint density at radius 2 is 2.25 bits per heavy atom. The Morgan fingerprint density at radius 1 is 1.50 bits per heavy atom. The van der Waals surface area contributed by atoms with Gasteiger partial charge in [0.05, 0.1) is 12.6 Å². The van der Waals surface area contributed by atoms with Crippen LogP contribution in [0.15, 0.2) is 28.7 Å². The van der Waals surface area contributed by atoms with E-state index in [1.807, 2.05) is 12.1 Å². The molecule has 1 unspecified atom stereocenters. The lowest BCUT2D eigenvalue weighted by atomic mass is 10.1. The average molecular weight is 284 g/mol. The fraction of sp³-hybridized carbons (Fsp3) is 0.538. The second-order valence-corrected chi connectivity index (χ2v) is 5.55. The number of rotatable bonds is 5. The molecule has 0 radical (unpaired) electrons. The van der Waals surface area contributed by atoms with Crippen LogP contribution in [0.1, 0.15) is 24.4 Å². The summed E-state index contributed by atoms with van der Waals surface area (Å²) in [5, 5.41) is 9.52. The molecule has 1 aliphatic rings. The van der Waals surface area contributed by atoms with Crippen molar-refractivity contribution >= 4 is 15.9 Å². The van der Waals surface area contributed by atoms with Crippen LogP contribution in [0, 0.1) is 5.92 Å². The third-order valence-corrected chi connectivity index (χ3v) is 3.67. The SMILES string of the molecule is CN(CC1CC1)C(CO)c1cccc(Br)c1. The van der Waals surface area contributed by atoms with E-state index in [1.54, 1.807) is 0 Å². The van der Waals surface area contributed by atoms with Gasteiger partial charge in [0.15, 0.2) is 0 Å². The van der Waals surface area contributed by atoms with Crippen molar-refractivity contribution in [1.82, 2.24) is 4.90 Å². The van der Waals surface area contributed by atoms with Gasteiger partial charge in [0.1, 0.15) is 0 Å². The lowest BCUT2D eigenvalue weighted by Crippen LogP contribution is -2.29. The highest BCUT2D eigenvalue weighted by Crippen LogP contribution is 2.32. The molecule has 0 amide bonds. The maximum absolute atomic E-state index is 9.52. The highest BCUT2D eigenvalue weighted by atomic mass is 79.9. The van der Waals surface area contributed by atoms with Crippen LogP contribution < -0.4 is 0 Å². The third-order valence-electron chi connectivity index (χ3n) is 3.18. The number of aliphatic hydroxyl groups is 1. The Bertz CT molecular complexity index is 352. The topological polar surface area (TPSA) is 23.5 Å². The number of hydrogen-bond acceptors (Lipinski definition) is 2. The normalized spacial score (nSPS) is 17.8. The van der Waals surface area contributed by atoms with Gasteiger partial charge in [0.2, 0.25) is 0 Å². The first-order valence-corrected chi connectivity index (χ1v) is 6.56. The molecule has 16 heavy (non-hydrogen) atoms. The van der Waals surface area contributed by atoms with Crippen molar-refractivity contribution in [3.05, 3.63) is 34.3 Å². The van der Waals surface area contributed by atoms with Crippen molar-refractivity contribution in [2.75, 3.05) is 20.2 Å². The van der Waals surface area contributed by atoms with Crippen molar-refractivity contribution in [2.45, 2.75) is 18.9 Å². The van der Waals surface area contributed by atoms with E-state index in [4.69, 9.17) is 0 Å². The molecule has 1 N–H and O–H groups in total. The largest absolute Gasteiger partial charge is 0.394 e. The summed E-state index contributed by atoms with van der Waals surface area (Å²) in [6, 6.07) is 8.32. The summed E-state index contributed by atoms with van der Waals surface area (Å²) in [4.78, 5) is 2.26. The molecule has 0 heterocycles. The number of likely N-dealkylation sites (N-methyl/N-ethyl adjacent to an activating group) is 1. The van der Waals surface area contributed by atoms with Crippen molar-refractivity contribution in [2.24, 2.45) is 5.92 Å². The molecule has 1 fully saturated rings. The van der Waals surface area contributed by atoms with Crippen LogP contribution in [0.25, 0.3) is 0 Å². The Hall–Kier alpha value is -0.380. The van der Waals surface area contributed by atoms with Gasteiger partial charge in [-0.1, -0.05) is 28.1 Å².